The van der Waals surface area contributed by atoms with Crippen LogP contribution in [0.2, 0.25) is 0 Å². The minimum Gasteiger partial charge on any atom is -0.507 e. The van der Waals surface area contributed by atoms with E-state index in [9.17, 15) is 9.90 Å². The van der Waals surface area contributed by atoms with Gasteiger partial charge in [-0.05, 0) is 79.9 Å². The molecule has 2 heterocycles. The largest absolute Gasteiger partial charge is 0.507 e. The topological polar surface area (TPSA) is 74.2 Å². The SMILES string of the molecule is O=C1OC2(c3ccccc31)c1ccc(O)c(Br)c1Oc1c2ccc(Oc2cccc(COP)c2)c1Br. The van der Waals surface area contributed by atoms with E-state index in [2.05, 4.69) is 41.3 Å². The number of esters is 1. The number of carbonyl (C=O) groups excluding carboxylic acids is 1. The van der Waals surface area contributed by atoms with Crippen LogP contribution in [0.25, 0.3) is 0 Å². The van der Waals surface area contributed by atoms with Crippen molar-refractivity contribution in [1.82, 2.24) is 0 Å². The van der Waals surface area contributed by atoms with Crippen LogP contribution in [-0.4, -0.2) is 11.1 Å². The van der Waals surface area contributed by atoms with Crippen molar-refractivity contribution < 1.29 is 28.6 Å². The summed E-state index contributed by atoms with van der Waals surface area (Å²) in [5.74, 6) is 1.47. The monoisotopic (exact) mass is 626 g/mol. The maximum Gasteiger partial charge on any atom is 0.340 e. The first-order valence-corrected chi connectivity index (χ1v) is 12.9. The third kappa shape index (κ3) is 3.47. The molecular formula is C27H17Br2O6P. The minimum atomic E-state index is -1.26. The molecule has 1 N–H and O–H groups in total. The van der Waals surface area contributed by atoms with Gasteiger partial charge in [0.15, 0.2) is 17.1 Å². The van der Waals surface area contributed by atoms with E-state index in [1.807, 2.05) is 48.5 Å². The number of aromatic hydroxyl groups is 1. The summed E-state index contributed by atoms with van der Waals surface area (Å²) >= 11 is 7.11. The average molecular weight is 628 g/mol. The van der Waals surface area contributed by atoms with Crippen molar-refractivity contribution in [2.45, 2.75) is 12.2 Å². The number of phenolic OH excluding ortho intramolecular Hbond substituents is 1. The molecule has 0 saturated carbocycles. The molecule has 0 aromatic heterocycles. The van der Waals surface area contributed by atoms with Gasteiger partial charge in [-0.2, -0.15) is 0 Å². The van der Waals surface area contributed by atoms with Crippen molar-refractivity contribution in [3.05, 3.63) is 110 Å². The highest BCUT2D eigenvalue weighted by molar-refractivity contribution is 9.11. The number of phenols is 1. The second-order valence-corrected chi connectivity index (χ2v) is 10.2. The third-order valence-electron chi connectivity index (χ3n) is 6.25. The number of hydrogen-bond donors (Lipinski definition) is 1. The first-order valence-electron chi connectivity index (χ1n) is 10.9. The molecule has 0 bridgehead atoms. The van der Waals surface area contributed by atoms with E-state index in [4.69, 9.17) is 18.7 Å². The van der Waals surface area contributed by atoms with Crippen molar-refractivity contribution in [2.75, 3.05) is 0 Å². The van der Waals surface area contributed by atoms with E-state index in [0.29, 0.717) is 60.8 Å². The zero-order valence-electron chi connectivity index (χ0n) is 18.5. The summed E-state index contributed by atoms with van der Waals surface area (Å²) in [4.78, 5) is 13.0. The lowest BCUT2D eigenvalue weighted by Crippen LogP contribution is -2.33. The van der Waals surface area contributed by atoms with Gasteiger partial charge >= 0.3 is 5.97 Å². The fourth-order valence-corrected chi connectivity index (χ4v) is 5.83. The number of benzene rings is 4. The number of halogens is 2. The van der Waals surface area contributed by atoms with Gasteiger partial charge < -0.3 is 23.8 Å². The van der Waals surface area contributed by atoms with Gasteiger partial charge in [0, 0.05) is 26.2 Å². The maximum atomic E-state index is 13.0. The smallest absolute Gasteiger partial charge is 0.340 e. The Bertz CT molecular complexity index is 1560. The summed E-state index contributed by atoms with van der Waals surface area (Å²) < 4.78 is 24.7. The lowest BCUT2D eigenvalue weighted by Gasteiger charge is -2.37. The van der Waals surface area contributed by atoms with Gasteiger partial charge in [-0.3, -0.25) is 0 Å². The Balaban J connectivity index is 1.55. The van der Waals surface area contributed by atoms with Crippen molar-refractivity contribution in [1.29, 1.82) is 0 Å². The van der Waals surface area contributed by atoms with Crippen LogP contribution in [-0.2, 0) is 21.5 Å². The Morgan fingerprint density at radius 2 is 1.64 bits per heavy atom. The predicted molar refractivity (Wildman–Crippen MR) is 143 cm³/mol. The van der Waals surface area contributed by atoms with E-state index in [1.165, 1.54) is 0 Å². The Labute approximate surface area is 225 Å². The molecule has 0 fully saturated rings. The molecule has 0 amide bonds. The highest BCUT2D eigenvalue weighted by Gasteiger charge is 2.54. The Hall–Kier alpha value is -2.90. The van der Waals surface area contributed by atoms with Crippen molar-refractivity contribution in [3.63, 3.8) is 0 Å². The fraction of sp³-hybridized carbons (Fsp3) is 0.0741. The van der Waals surface area contributed by atoms with Gasteiger partial charge in [-0.25, -0.2) is 4.79 Å². The molecule has 0 saturated heterocycles. The summed E-state index contributed by atoms with van der Waals surface area (Å²) in [7, 11) is 2.24. The summed E-state index contributed by atoms with van der Waals surface area (Å²) in [6, 6.07) is 21.8. The van der Waals surface area contributed by atoms with Crippen LogP contribution < -0.4 is 9.47 Å². The first kappa shape index (κ1) is 23.5. The molecule has 0 aliphatic carbocycles. The maximum absolute atomic E-state index is 13.0. The van der Waals surface area contributed by atoms with Crippen molar-refractivity contribution in [3.8, 4) is 28.7 Å². The molecule has 36 heavy (non-hydrogen) atoms. The number of hydrogen-bond acceptors (Lipinski definition) is 6. The second kappa shape index (κ2) is 8.89. The van der Waals surface area contributed by atoms with Crippen LogP contribution in [0.1, 0.15) is 32.6 Å². The molecule has 4 aromatic rings. The summed E-state index contributed by atoms with van der Waals surface area (Å²) in [6.07, 6.45) is 0. The highest BCUT2D eigenvalue weighted by Crippen LogP contribution is 2.60. The molecule has 180 valence electrons. The number of carbonyl (C=O) groups is 1. The average Bonchev–Trinajstić information content (AvgIpc) is 3.17. The van der Waals surface area contributed by atoms with E-state index in [0.717, 1.165) is 5.56 Å². The lowest BCUT2D eigenvalue weighted by molar-refractivity contribution is 0.0223. The molecule has 2 aliphatic heterocycles. The first-order chi connectivity index (χ1) is 17.4. The van der Waals surface area contributed by atoms with Crippen LogP contribution in [0, 0.1) is 0 Å². The van der Waals surface area contributed by atoms with Gasteiger partial charge in [-0.15, -0.1) is 0 Å². The van der Waals surface area contributed by atoms with Crippen LogP contribution >= 0.6 is 41.3 Å². The van der Waals surface area contributed by atoms with Crippen LogP contribution in [0.15, 0.2) is 81.7 Å². The van der Waals surface area contributed by atoms with Crippen LogP contribution in [0.4, 0.5) is 0 Å². The Kier molecular flexibility index (Phi) is 5.80. The van der Waals surface area contributed by atoms with E-state index < -0.39 is 11.6 Å². The Morgan fingerprint density at radius 1 is 0.889 bits per heavy atom. The zero-order valence-corrected chi connectivity index (χ0v) is 22.8. The van der Waals surface area contributed by atoms with Gasteiger partial charge in [-0.1, -0.05) is 30.3 Å². The fourth-order valence-electron chi connectivity index (χ4n) is 4.70. The summed E-state index contributed by atoms with van der Waals surface area (Å²) in [5.41, 5.74) is 2.10. The number of ether oxygens (including phenoxy) is 3. The van der Waals surface area contributed by atoms with Crippen molar-refractivity contribution in [2.24, 2.45) is 0 Å². The van der Waals surface area contributed by atoms with Gasteiger partial charge in [0.05, 0.1) is 12.2 Å². The normalized spacial score (nSPS) is 17.1. The molecule has 2 unspecified atom stereocenters. The highest BCUT2D eigenvalue weighted by atomic mass is 79.9. The van der Waals surface area contributed by atoms with E-state index >= 15 is 0 Å². The van der Waals surface area contributed by atoms with Gasteiger partial charge in [0.1, 0.15) is 26.2 Å². The molecule has 0 radical (unpaired) electrons. The van der Waals surface area contributed by atoms with Crippen LogP contribution in [0.5, 0.6) is 28.7 Å². The third-order valence-corrected chi connectivity index (χ3v) is 7.93. The molecular weight excluding hydrogens is 611 g/mol. The molecule has 4 aromatic carbocycles. The number of rotatable bonds is 4. The van der Waals surface area contributed by atoms with Crippen molar-refractivity contribution >= 4 is 47.3 Å². The van der Waals surface area contributed by atoms with E-state index in [-0.39, 0.29) is 5.75 Å². The predicted octanol–water partition coefficient (Wildman–Crippen LogP) is 7.58. The molecule has 2 aliphatic rings. The summed E-state index contributed by atoms with van der Waals surface area (Å²) in [6.45, 7) is 0.429. The molecule has 6 rings (SSSR count). The standard InChI is InChI=1S/C27H17Br2O6P/c28-22-20(30)10-8-18-24(22)34-25-19(27(18)17-7-2-1-6-16(17)26(31)35-27)9-11-21(23(25)29)33-15-5-3-4-14(12-15)13-32-36/h1-12,30H,13,36H2. The number of fused-ring (bicyclic) bond motifs is 6. The van der Waals surface area contributed by atoms with Gasteiger partial charge in [0.25, 0.3) is 0 Å². The zero-order chi connectivity index (χ0) is 25.0. The minimum absolute atomic E-state index is 0.00149. The quantitative estimate of drug-likeness (QED) is 0.186. The Morgan fingerprint density at radius 3 is 2.44 bits per heavy atom. The molecule has 2 atom stereocenters. The lowest BCUT2D eigenvalue weighted by atomic mass is 9.77. The molecule has 6 nitrogen and oxygen atoms in total. The van der Waals surface area contributed by atoms with E-state index in [1.54, 1.807) is 24.3 Å². The summed E-state index contributed by atoms with van der Waals surface area (Å²) in [5, 5.41) is 10.4. The van der Waals surface area contributed by atoms with Crippen LogP contribution in [0.3, 0.4) is 0 Å². The molecule has 1 spiro atoms. The van der Waals surface area contributed by atoms with Gasteiger partial charge in [0.2, 0.25) is 0 Å². The molecule has 9 heteroatoms. The second-order valence-electron chi connectivity index (χ2n) is 8.31.